The van der Waals surface area contributed by atoms with E-state index in [2.05, 4.69) is 17.4 Å². The van der Waals surface area contributed by atoms with E-state index in [0.29, 0.717) is 6.54 Å². The van der Waals surface area contributed by atoms with E-state index in [1.807, 2.05) is 38.1 Å². The van der Waals surface area contributed by atoms with E-state index in [0.717, 1.165) is 5.56 Å². The lowest BCUT2D eigenvalue weighted by Gasteiger charge is -2.25. The van der Waals surface area contributed by atoms with E-state index < -0.39 is 11.7 Å². The molecule has 22 heavy (non-hydrogen) atoms. The first-order valence-corrected chi connectivity index (χ1v) is 7.24. The van der Waals surface area contributed by atoms with Crippen molar-refractivity contribution in [2.24, 2.45) is 0 Å². The zero-order valence-corrected chi connectivity index (χ0v) is 13.1. The van der Waals surface area contributed by atoms with E-state index in [-0.39, 0.29) is 11.6 Å². The third-order valence-electron chi connectivity index (χ3n) is 3.66. The van der Waals surface area contributed by atoms with Crippen LogP contribution in [0.1, 0.15) is 27.5 Å². The highest BCUT2D eigenvalue weighted by Gasteiger charge is 2.17. The van der Waals surface area contributed by atoms with Gasteiger partial charge in [-0.15, -0.1) is 0 Å². The zero-order chi connectivity index (χ0) is 16.1. The number of amides is 1. The fraction of sp³-hybridized carbons (Fsp3) is 0.278. The Morgan fingerprint density at radius 3 is 2.36 bits per heavy atom. The SMILES string of the molecule is Cc1ccc(C(CNC(=O)c2ccccc2F)N(C)C)cc1. The Hall–Kier alpha value is -2.20. The summed E-state index contributed by atoms with van der Waals surface area (Å²) in [5, 5.41) is 2.81. The third-order valence-corrected chi connectivity index (χ3v) is 3.66. The summed E-state index contributed by atoms with van der Waals surface area (Å²) in [6.45, 7) is 2.46. The Morgan fingerprint density at radius 2 is 1.77 bits per heavy atom. The van der Waals surface area contributed by atoms with Crippen LogP contribution in [-0.4, -0.2) is 31.4 Å². The van der Waals surface area contributed by atoms with Crippen LogP contribution in [0.3, 0.4) is 0 Å². The smallest absolute Gasteiger partial charge is 0.254 e. The van der Waals surface area contributed by atoms with Crippen molar-refractivity contribution in [1.82, 2.24) is 10.2 Å². The standard InChI is InChI=1S/C18H21FN2O/c1-13-8-10-14(11-9-13)17(21(2)3)12-20-18(22)15-6-4-5-7-16(15)19/h4-11,17H,12H2,1-3H3,(H,20,22). The Balaban J connectivity index is 2.08. The van der Waals surface area contributed by atoms with Crippen LogP contribution in [0.25, 0.3) is 0 Å². The monoisotopic (exact) mass is 300 g/mol. The minimum absolute atomic E-state index is 0.0383. The van der Waals surface area contributed by atoms with Crippen LogP contribution in [0, 0.1) is 12.7 Å². The van der Waals surface area contributed by atoms with Crippen molar-refractivity contribution in [1.29, 1.82) is 0 Å². The molecule has 3 nitrogen and oxygen atoms in total. The molecule has 0 fully saturated rings. The molecule has 0 aliphatic carbocycles. The van der Waals surface area contributed by atoms with E-state index >= 15 is 0 Å². The van der Waals surface area contributed by atoms with Gasteiger partial charge < -0.3 is 10.2 Å². The molecule has 0 spiro atoms. The molecule has 0 heterocycles. The Labute approximate surface area is 130 Å². The first kappa shape index (κ1) is 16.2. The number of halogens is 1. The number of hydrogen-bond donors (Lipinski definition) is 1. The topological polar surface area (TPSA) is 32.3 Å². The molecule has 2 aromatic rings. The number of carbonyl (C=O) groups is 1. The molecule has 0 aliphatic heterocycles. The molecule has 2 aromatic carbocycles. The van der Waals surface area contributed by atoms with Gasteiger partial charge in [0.15, 0.2) is 0 Å². The maximum Gasteiger partial charge on any atom is 0.254 e. The fourth-order valence-electron chi connectivity index (χ4n) is 2.32. The van der Waals surface area contributed by atoms with Crippen molar-refractivity contribution in [2.45, 2.75) is 13.0 Å². The van der Waals surface area contributed by atoms with Gasteiger partial charge in [0.25, 0.3) is 5.91 Å². The van der Waals surface area contributed by atoms with Gasteiger partial charge >= 0.3 is 0 Å². The first-order valence-electron chi connectivity index (χ1n) is 7.24. The summed E-state index contributed by atoms with van der Waals surface area (Å²) < 4.78 is 13.6. The average molecular weight is 300 g/mol. The van der Waals surface area contributed by atoms with Gasteiger partial charge in [-0.1, -0.05) is 42.0 Å². The van der Waals surface area contributed by atoms with E-state index in [4.69, 9.17) is 0 Å². The highest BCUT2D eigenvalue weighted by molar-refractivity contribution is 5.94. The molecule has 0 saturated heterocycles. The lowest BCUT2D eigenvalue weighted by molar-refractivity contribution is 0.0938. The van der Waals surface area contributed by atoms with Crippen molar-refractivity contribution in [3.8, 4) is 0 Å². The molecule has 116 valence electrons. The second-order valence-corrected chi connectivity index (χ2v) is 5.58. The minimum Gasteiger partial charge on any atom is -0.350 e. The zero-order valence-electron chi connectivity index (χ0n) is 13.1. The molecule has 0 aliphatic rings. The molecular weight excluding hydrogens is 279 g/mol. The molecule has 0 saturated carbocycles. The fourth-order valence-corrected chi connectivity index (χ4v) is 2.32. The van der Waals surface area contributed by atoms with Gasteiger partial charge in [-0.3, -0.25) is 4.79 Å². The van der Waals surface area contributed by atoms with Crippen LogP contribution < -0.4 is 5.32 Å². The molecule has 1 amide bonds. The number of carbonyl (C=O) groups excluding carboxylic acids is 1. The normalized spacial score (nSPS) is 12.2. The number of likely N-dealkylation sites (N-methyl/N-ethyl adjacent to an activating group) is 1. The Morgan fingerprint density at radius 1 is 1.14 bits per heavy atom. The van der Waals surface area contributed by atoms with E-state index in [1.54, 1.807) is 12.1 Å². The van der Waals surface area contributed by atoms with Crippen LogP contribution in [-0.2, 0) is 0 Å². The maximum atomic E-state index is 13.6. The van der Waals surface area contributed by atoms with Crippen molar-refractivity contribution in [3.63, 3.8) is 0 Å². The molecule has 2 rings (SSSR count). The number of nitrogens with one attached hydrogen (secondary N) is 1. The molecule has 1 atom stereocenters. The van der Waals surface area contributed by atoms with Gasteiger partial charge in [0.05, 0.1) is 11.6 Å². The second-order valence-electron chi connectivity index (χ2n) is 5.58. The summed E-state index contributed by atoms with van der Waals surface area (Å²) in [5.74, 6) is -0.895. The number of hydrogen-bond acceptors (Lipinski definition) is 2. The predicted octanol–water partition coefficient (Wildman–Crippen LogP) is 3.17. The van der Waals surface area contributed by atoms with Gasteiger partial charge in [0.2, 0.25) is 0 Å². The van der Waals surface area contributed by atoms with Gasteiger partial charge in [-0.2, -0.15) is 0 Å². The van der Waals surface area contributed by atoms with Crippen molar-refractivity contribution >= 4 is 5.91 Å². The van der Waals surface area contributed by atoms with Crippen LogP contribution >= 0.6 is 0 Å². The molecule has 1 N–H and O–H groups in total. The summed E-state index contributed by atoms with van der Waals surface area (Å²) in [4.78, 5) is 14.1. The van der Waals surface area contributed by atoms with Crippen LogP contribution in [0.15, 0.2) is 48.5 Å². The van der Waals surface area contributed by atoms with Gasteiger partial charge in [0.1, 0.15) is 5.82 Å². The quantitative estimate of drug-likeness (QED) is 0.920. The summed E-state index contributed by atoms with van der Waals surface area (Å²) in [6.07, 6.45) is 0. The average Bonchev–Trinajstić information content (AvgIpc) is 2.49. The molecular formula is C18H21FN2O. The number of rotatable bonds is 5. The predicted molar refractivity (Wildman–Crippen MR) is 86.3 cm³/mol. The highest BCUT2D eigenvalue weighted by atomic mass is 19.1. The summed E-state index contributed by atoms with van der Waals surface area (Å²) in [7, 11) is 3.92. The first-order chi connectivity index (χ1) is 10.5. The highest BCUT2D eigenvalue weighted by Crippen LogP contribution is 2.18. The van der Waals surface area contributed by atoms with Crippen molar-refractivity contribution < 1.29 is 9.18 Å². The number of nitrogens with zero attached hydrogens (tertiary/aromatic N) is 1. The lowest BCUT2D eigenvalue weighted by atomic mass is 10.0. The van der Waals surface area contributed by atoms with E-state index in [1.165, 1.54) is 17.7 Å². The molecule has 0 aromatic heterocycles. The van der Waals surface area contributed by atoms with Gasteiger partial charge in [0, 0.05) is 6.54 Å². The molecule has 1 unspecified atom stereocenters. The summed E-state index contributed by atoms with van der Waals surface area (Å²) >= 11 is 0. The molecule has 0 bridgehead atoms. The van der Waals surface area contributed by atoms with Crippen molar-refractivity contribution in [3.05, 3.63) is 71.0 Å². The van der Waals surface area contributed by atoms with Crippen LogP contribution in [0.2, 0.25) is 0 Å². The molecule has 4 heteroatoms. The van der Waals surface area contributed by atoms with Gasteiger partial charge in [-0.25, -0.2) is 4.39 Å². The van der Waals surface area contributed by atoms with Crippen LogP contribution in [0.4, 0.5) is 4.39 Å². The lowest BCUT2D eigenvalue weighted by Crippen LogP contribution is -2.34. The third kappa shape index (κ3) is 3.92. The maximum absolute atomic E-state index is 13.6. The van der Waals surface area contributed by atoms with Crippen LogP contribution in [0.5, 0.6) is 0 Å². The van der Waals surface area contributed by atoms with Crippen molar-refractivity contribution in [2.75, 3.05) is 20.6 Å². The second kappa shape index (κ2) is 7.18. The number of benzene rings is 2. The summed E-state index contributed by atoms with van der Waals surface area (Å²) in [5.41, 5.74) is 2.38. The Bertz CT molecular complexity index is 638. The number of aryl methyl sites for hydroxylation is 1. The summed E-state index contributed by atoms with van der Waals surface area (Å²) in [6, 6.07) is 14.2. The molecule has 0 radical (unpaired) electrons. The largest absolute Gasteiger partial charge is 0.350 e. The minimum atomic E-state index is -0.503. The Kier molecular flexibility index (Phi) is 5.28. The van der Waals surface area contributed by atoms with Gasteiger partial charge in [-0.05, 0) is 38.7 Å². The van der Waals surface area contributed by atoms with E-state index in [9.17, 15) is 9.18 Å².